The fourth-order valence-electron chi connectivity index (χ4n) is 2.73. The van der Waals surface area contributed by atoms with Gasteiger partial charge in [0, 0.05) is 17.0 Å². The van der Waals surface area contributed by atoms with Gasteiger partial charge >= 0.3 is 0 Å². The quantitative estimate of drug-likeness (QED) is 0.580. The van der Waals surface area contributed by atoms with Crippen molar-refractivity contribution in [3.8, 4) is 0 Å². The van der Waals surface area contributed by atoms with E-state index in [1.54, 1.807) is 42.5 Å². The fourth-order valence-corrected chi connectivity index (χ4v) is 3.86. The minimum absolute atomic E-state index is 0.194. The molecule has 0 atom stereocenters. The van der Waals surface area contributed by atoms with Gasteiger partial charge in [-0.25, -0.2) is 9.67 Å². The maximum absolute atomic E-state index is 12.8. The molecule has 0 bridgehead atoms. The van der Waals surface area contributed by atoms with E-state index in [0.717, 1.165) is 10.2 Å². The number of fused-ring (bicyclic) bond motifs is 2. The lowest BCUT2D eigenvalue weighted by Gasteiger charge is -2.08. The molecule has 26 heavy (non-hydrogen) atoms. The van der Waals surface area contributed by atoms with Crippen LogP contribution in [0.15, 0.2) is 47.3 Å². The molecule has 0 spiro atoms. The molecule has 4 rings (SSSR count). The number of aryl methyl sites for hydroxylation is 1. The van der Waals surface area contributed by atoms with Crippen molar-refractivity contribution in [2.75, 3.05) is 5.32 Å². The Bertz CT molecular complexity index is 1210. The number of amides is 1. The molecule has 2 aromatic carbocycles. The second-order valence-electron chi connectivity index (χ2n) is 5.60. The molecule has 0 saturated carbocycles. The summed E-state index contributed by atoms with van der Waals surface area (Å²) in [6.07, 6.45) is 0. The summed E-state index contributed by atoms with van der Waals surface area (Å²) in [5.41, 5.74) is 0.736. The molecule has 0 saturated heterocycles. The molecule has 2 aromatic heterocycles. The largest absolute Gasteiger partial charge is 0.296 e. The molecule has 0 unspecified atom stereocenters. The topological polar surface area (TPSA) is 76.9 Å². The van der Waals surface area contributed by atoms with Crippen LogP contribution in [0.5, 0.6) is 0 Å². The van der Waals surface area contributed by atoms with Gasteiger partial charge in [-0.1, -0.05) is 41.1 Å². The SMILES string of the molecule is CCn1nc(C(=O)Nc2nc3ccc(Cl)cc3s2)c2ccccc2c1=O. The van der Waals surface area contributed by atoms with E-state index in [0.29, 0.717) is 27.5 Å². The molecule has 0 radical (unpaired) electrons. The first-order valence-corrected chi connectivity index (χ1v) is 9.13. The van der Waals surface area contributed by atoms with Gasteiger partial charge in [0.15, 0.2) is 10.8 Å². The molecular formula is C18H13ClN4O2S. The van der Waals surface area contributed by atoms with E-state index in [1.807, 2.05) is 6.92 Å². The van der Waals surface area contributed by atoms with Crippen LogP contribution in [-0.2, 0) is 6.54 Å². The molecule has 0 aliphatic heterocycles. The first kappa shape index (κ1) is 16.7. The third kappa shape index (κ3) is 2.85. The lowest BCUT2D eigenvalue weighted by molar-refractivity contribution is 0.102. The second kappa shape index (κ2) is 6.51. The van der Waals surface area contributed by atoms with E-state index in [1.165, 1.54) is 16.0 Å². The molecule has 0 aliphatic carbocycles. The lowest BCUT2D eigenvalue weighted by Crippen LogP contribution is -2.27. The predicted molar refractivity (Wildman–Crippen MR) is 104 cm³/mol. The number of halogens is 1. The van der Waals surface area contributed by atoms with Crippen LogP contribution in [0, 0.1) is 0 Å². The Morgan fingerprint density at radius 1 is 1.23 bits per heavy atom. The van der Waals surface area contributed by atoms with Gasteiger partial charge in [0.1, 0.15) is 0 Å². The maximum Gasteiger partial charge on any atom is 0.278 e. The summed E-state index contributed by atoms with van der Waals surface area (Å²) in [5.74, 6) is -0.409. The van der Waals surface area contributed by atoms with Crippen molar-refractivity contribution in [1.82, 2.24) is 14.8 Å². The summed E-state index contributed by atoms with van der Waals surface area (Å²) in [7, 11) is 0. The minimum Gasteiger partial charge on any atom is -0.296 e. The summed E-state index contributed by atoms with van der Waals surface area (Å²) in [4.78, 5) is 29.6. The molecule has 1 N–H and O–H groups in total. The van der Waals surface area contributed by atoms with Crippen LogP contribution in [0.1, 0.15) is 17.4 Å². The standard InChI is InChI=1S/C18H13ClN4O2S/c1-2-23-17(25)12-6-4-3-5-11(12)15(22-23)16(24)21-18-20-13-8-7-10(19)9-14(13)26-18/h3-9H,2H2,1H3,(H,20,21,24). The van der Waals surface area contributed by atoms with Crippen LogP contribution >= 0.6 is 22.9 Å². The third-order valence-corrected chi connectivity index (χ3v) is 5.12. The van der Waals surface area contributed by atoms with Crippen molar-refractivity contribution >= 4 is 55.0 Å². The normalized spacial score (nSPS) is 11.2. The number of hydrogen-bond acceptors (Lipinski definition) is 5. The predicted octanol–water partition coefficient (Wildman–Crippen LogP) is 3.93. The number of aromatic nitrogens is 3. The van der Waals surface area contributed by atoms with Gasteiger partial charge < -0.3 is 0 Å². The van der Waals surface area contributed by atoms with E-state index >= 15 is 0 Å². The zero-order chi connectivity index (χ0) is 18.3. The summed E-state index contributed by atoms with van der Waals surface area (Å²) < 4.78 is 2.17. The summed E-state index contributed by atoms with van der Waals surface area (Å²) in [5, 5.41) is 9.05. The number of nitrogens with one attached hydrogen (secondary N) is 1. The van der Waals surface area contributed by atoms with E-state index in [-0.39, 0.29) is 11.3 Å². The molecule has 2 heterocycles. The highest BCUT2D eigenvalue weighted by molar-refractivity contribution is 7.22. The molecule has 4 aromatic rings. The van der Waals surface area contributed by atoms with Gasteiger partial charge in [-0.05, 0) is 31.2 Å². The van der Waals surface area contributed by atoms with Crippen molar-refractivity contribution < 1.29 is 4.79 Å². The van der Waals surface area contributed by atoms with Gasteiger partial charge in [0.25, 0.3) is 11.5 Å². The Hall–Kier alpha value is -2.77. The first-order valence-electron chi connectivity index (χ1n) is 7.94. The molecule has 1 amide bonds. The highest BCUT2D eigenvalue weighted by Gasteiger charge is 2.17. The number of carbonyl (C=O) groups excluding carboxylic acids is 1. The number of rotatable bonds is 3. The number of carbonyl (C=O) groups is 1. The van der Waals surface area contributed by atoms with E-state index < -0.39 is 5.91 Å². The summed E-state index contributed by atoms with van der Waals surface area (Å²) >= 11 is 7.32. The van der Waals surface area contributed by atoms with Crippen LogP contribution < -0.4 is 10.9 Å². The molecule has 0 fully saturated rings. The lowest BCUT2D eigenvalue weighted by atomic mass is 10.1. The molecule has 6 nitrogen and oxygen atoms in total. The zero-order valence-corrected chi connectivity index (χ0v) is 15.3. The van der Waals surface area contributed by atoms with E-state index in [2.05, 4.69) is 15.4 Å². The van der Waals surface area contributed by atoms with E-state index in [9.17, 15) is 9.59 Å². The third-order valence-electron chi connectivity index (χ3n) is 3.95. The first-order chi connectivity index (χ1) is 12.6. The van der Waals surface area contributed by atoms with Gasteiger partial charge in [0.2, 0.25) is 0 Å². The van der Waals surface area contributed by atoms with Crippen LogP contribution in [-0.4, -0.2) is 20.7 Å². The number of anilines is 1. The summed E-state index contributed by atoms with van der Waals surface area (Å²) in [6.45, 7) is 2.19. The Balaban J connectivity index is 1.78. The second-order valence-corrected chi connectivity index (χ2v) is 7.07. The number of benzene rings is 2. The van der Waals surface area contributed by atoms with Gasteiger partial charge in [-0.2, -0.15) is 5.10 Å². The van der Waals surface area contributed by atoms with Gasteiger partial charge in [-0.3, -0.25) is 14.9 Å². The van der Waals surface area contributed by atoms with Crippen LogP contribution in [0.4, 0.5) is 5.13 Å². The highest BCUT2D eigenvalue weighted by atomic mass is 35.5. The fraction of sp³-hybridized carbons (Fsp3) is 0.111. The van der Waals surface area contributed by atoms with Crippen molar-refractivity contribution in [1.29, 1.82) is 0 Å². The Kier molecular flexibility index (Phi) is 4.18. The maximum atomic E-state index is 12.8. The smallest absolute Gasteiger partial charge is 0.278 e. The average molecular weight is 385 g/mol. The minimum atomic E-state index is -0.409. The van der Waals surface area contributed by atoms with Crippen molar-refractivity contribution in [2.45, 2.75) is 13.5 Å². The Morgan fingerprint density at radius 2 is 2.00 bits per heavy atom. The number of hydrogen-bond donors (Lipinski definition) is 1. The van der Waals surface area contributed by atoms with E-state index in [4.69, 9.17) is 11.6 Å². The number of nitrogens with zero attached hydrogens (tertiary/aromatic N) is 3. The molecule has 0 aliphatic rings. The molecular weight excluding hydrogens is 372 g/mol. The van der Waals surface area contributed by atoms with Gasteiger partial charge in [0.05, 0.1) is 15.6 Å². The Morgan fingerprint density at radius 3 is 2.77 bits per heavy atom. The van der Waals surface area contributed by atoms with Crippen molar-refractivity contribution in [2.24, 2.45) is 0 Å². The molecule has 130 valence electrons. The highest BCUT2D eigenvalue weighted by Crippen LogP contribution is 2.28. The number of thiazole rings is 1. The summed E-state index contributed by atoms with van der Waals surface area (Å²) in [6, 6.07) is 12.3. The Labute approximate surface area is 157 Å². The van der Waals surface area contributed by atoms with Crippen molar-refractivity contribution in [3.05, 3.63) is 63.5 Å². The van der Waals surface area contributed by atoms with Crippen LogP contribution in [0.3, 0.4) is 0 Å². The zero-order valence-electron chi connectivity index (χ0n) is 13.7. The average Bonchev–Trinajstić information content (AvgIpc) is 3.03. The molecule has 8 heteroatoms. The van der Waals surface area contributed by atoms with Crippen LogP contribution in [0.25, 0.3) is 21.0 Å². The van der Waals surface area contributed by atoms with Crippen LogP contribution in [0.2, 0.25) is 5.02 Å². The van der Waals surface area contributed by atoms with Crippen molar-refractivity contribution in [3.63, 3.8) is 0 Å². The van der Waals surface area contributed by atoms with Gasteiger partial charge in [-0.15, -0.1) is 0 Å². The monoisotopic (exact) mass is 384 g/mol.